The first-order valence-electron chi connectivity index (χ1n) is 7.77. The van der Waals surface area contributed by atoms with Crippen molar-refractivity contribution in [3.05, 3.63) is 35.9 Å². The van der Waals surface area contributed by atoms with Crippen molar-refractivity contribution in [2.24, 2.45) is 0 Å². The second-order valence-electron chi connectivity index (χ2n) is 6.15. The zero-order valence-corrected chi connectivity index (χ0v) is 11.9. The Hall–Kier alpha value is -1.35. The lowest BCUT2D eigenvalue weighted by Gasteiger charge is -2.37. The van der Waals surface area contributed by atoms with Gasteiger partial charge in [0.1, 0.15) is 0 Å². The number of fused-ring (bicyclic) bond motifs is 2. The van der Waals surface area contributed by atoms with E-state index in [1.807, 2.05) is 18.2 Å². The zero-order chi connectivity index (χ0) is 13.9. The molecule has 2 bridgehead atoms. The molecule has 2 aliphatic rings. The maximum atomic E-state index is 12.4. The van der Waals surface area contributed by atoms with E-state index in [4.69, 9.17) is 0 Å². The summed E-state index contributed by atoms with van der Waals surface area (Å²) in [5, 5.41) is 9.78. The number of aryl methyl sites for hydroxylation is 1. The van der Waals surface area contributed by atoms with Crippen LogP contribution < -0.4 is 0 Å². The molecule has 0 spiro atoms. The molecule has 2 fully saturated rings. The van der Waals surface area contributed by atoms with Gasteiger partial charge in [-0.2, -0.15) is 0 Å². The lowest BCUT2D eigenvalue weighted by atomic mass is 9.99. The highest BCUT2D eigenvalue weighted by Crippen LogP contribution is 2.36. The summed E-state index contributed by atoms with van der Waals surface area (Å²) in [7, 11) is 0. The molecule has 2 atom stereocenters. The van der Waals surface area contributed by atoms with E-state index in [-0.39, 0.29) is 6.10 Å². The number of piperidine rings is 1. The number of aliphatic hydroxyl groups is 1. The topological polar surface area (TPSA) is 40.5 Å². The van der Waals surface area contributed by atoms with Crippen LogP contribution in [0.2, 0.25) is 0 Å². The van der Waals surface area contributed by atoms with Crippen LogP contribution in [0.25, 0.3) is 0 Å². The summed E-state index contributed by atoms with van der Waals surface area (Å²) in [5.41, 5.74) is 1.30. The predicted octanol–water partition coefficient (Wildman–Crippen LogP) is 2.52. The van der Waals surface area contributed by atoms with E-state index in [0.29, 0.717) is 24.4 Å². The van der Waals surface area contributed by atoms with E-state index in [2.05, 4.69) is 17.0 Å². The number of rotatable bonds is 4. The van der Waals surface area contributed by atoms with Crippen LogP contribution in [0, 0.1) is 0 Å². The average molecular weight is 273 g/mol. The summed E-state index contributed by atoms with van der Waals surface area (Å²) in [6, 6.07) is 10.9. The maximum Gasteiger partial charge on any atom is 0.223 e. The number of carbonyl (C=O) groups excluding carboxylic acids is 1. The van der Waals surface area contributed by atoms with Crippen LogP contribution in [0.5, 0.6) is 0 Å². The molecule has 0 aliphatic carbocycles. The lowest BCUT2D eigenvalue weighted by Crippen LogP contribution is -2.47. The highest BCUT2D eigenvalue weighted by molar-refractivity contribution is 5.77. The summed E-state index contributed by atoms with van der Waals surface area (Å²) in [5.74, 6) is 0.292. The molecule has 0 radical (unpaired) electrons. The number of nitrogens with zero attached hydrogens (tertiary/aromatic N) is 1. The normalized spacial score (nSPS) is 28.6. The first-order valence-corrected chi connectivity index (χ1v) is 7.77. The van der Waals surface area contributed by atoms with Gasteiger partial charge in [0, 0.05) is 18.5 Å². The van der Waals surface area contributed by atoms with Crippen molar-refractivity contribution in [1.29, 1.82) is 0 Å². The smallest absolute Gasteiger partial charge is 0.223 e. The first-order chi connectivity index (χ1) is 9.74. The van der Waals surface area contributed by atoms with Crippen LogP contribution in [-0.4, -0.2) is 34.1 Å². The SMILES string of the molecule is O=C(CCCc1ccccc1)N1C2CCC1CC(O)C2. The fourth-order valence-electron chi connectivity index (χ4n) is 3.77. The van der Waals surface area contributed by atoms with Crippen molar-refractivity contribution in [2.75, 3.05) is 0 Å². The van der Waals surface area contributed by atoms with Crippen LogP contribution in [0.15, 0.2) is 30.3 Å². The van der Waals surface area contributed by atoms with Gasteiger partial charge in [-0.05, 0) is 44.1 Å². The van der Waals surface area contributed by atoms with E-state index in [9.17, 15) is 9.90 Å². The number of hydrogen-bond acceptors (Lipinski definition) is 2. The van der Waals surface area contributed by atoms with Gasteiger partial charge in [0.05, 0.1) is 6.10 Å². The van der Waals surface area contributed by atoms with E-state index in [0.717, 1.165) is 38.5 Å². The van der Waals surface area contributed by atoms with E-state index in [1.165, 1.54) is 5.56 Å². The quantitative estimate of drug-likeness (QED) is 0.915. The molecule has 1 amide bonds. The molecule has 2 saturated heterocycles. The third-order valence-corrected chi connectivity index (χ3v) is 4.70. The van der Waals surface area contributed by atoms with Crippen molar-refractivity contribution >= 4 is 5.91 Å². The Kier molecular flexibility index (Phi) is 4.06. The molecule has 0 saturated carbocycles. The summed E-state index contributed by atoms with van der Waals surface area (Å²) in [6.45, 7) is 0. The Balaban J connectivity index is 1.50. The van der Waals surface area contributed by atoms with E-state index < -0.39 is 0 Å². The van der Waals surface area contributed by atoms with Gasteiger partial charge < -0.3 is 10.0 Å². The summed E-state index contributed by atoms with van der Waals surface area (Å²) >= 11 is 0. The van der Waals surface area contributed by atoms with Gasteiger partial charge in [0.25, 0.3) is 0 Å². The first kappa shape index (κ1) is 13.6. The number of carbonyl (C=O) groups is 1. The summed E-state index contributed by atoms with van der Waals surface area (Å²) < 4.78 is 0. The minimum atomic E-state index is -0.194. The average Bonchev–Trinajstić information content (AvgIpc) is 2.72. The predicted molar refractivity (Wildman–Crippen MR) is 78.3 cm³/mol. The van der Waals surface area contributed by atoms with Crippen LogP contribution in [0.1, 0.15) is 44.1 Å². The van der Waals surface area contributed by atoms with Crippen molar-refractivity contribution < 1.29 is 9.90 Å². The van der Waals surface area contributed by atoms with Crippen molar-refractivity contribution in [2.45, 2.75) is 63.1 Å². The molecule has 2 aliphatic heterocycles. The number of aliphatic hydroxyl groups excluding tert-OH is 1. The highest BCUT2D eigenvalue weighted by Gasteiger charge is 2.42. The molecule has 20 heavy (non-hydrogen) atoms. The molecular formula is C17H23NO2. The molecule has 2 heterocycles. The molecule has 1 aromatic rings. The molecule has 1 aromatic carbocycles. The fraction of sp³-hybridized carbons (Fsp3) is 0.588. The standard InChI is InChI=1S/C17H23NO2/c19-16-11-14-9-10-15(12-16)18(14)17(20)8-4-7-13-5-2-1-3-6-13/h1-3,5-6,14-16,19H,4,7-12H2. The monoisotopic (exact) mass is 273 g/mol. The van der Waals surface area contributed by atoms with Gasteiger partial charge >= 0.3 is 0 Å². The van der Waals surface area contributed by atoms with Gasteiger partial charge in [-0.15, -0.1) is 0 Å². The molecule has 3 nitrogen and oxygen atoms in total. The molecule has 3 heteroatoms. The Morgan fingerprint density at radius 1 is 1.15 bits per heavy atom. The van der Waals surface area contributed by atoms with Crippen molar-refractivity contribution in [3.63, 3.8) is 0 Å². The molecule has 108 valence electrons. The lowest BCUT2D eigenvalue weighted by molar-refractivity contribution is -0.137. The summed E-state index contributed by atoms with van der Waals surface area (Å²) in [4.78, 5) is 14.5. The van der Waals surface area contributed by atoms with Crippen LogP contribution in [-0.2, 0) is 11.2 Å². The molecule has 0 aromatic heterocycles. The molecule has 3 rings (SSSR count). The van der Waals surface area contributed by atoms with Crippen LogP contribution in [0.4, 0.5) is 0 Å². The number of amides is 1. The molecule has 1 N–H and O–H groups in total. The highest BCUT2D eigenvalue weighted by atomic mass is 16.3. The van der Waals surface area contributed by atoms with Gasteiger partial charge in [0.2, 0.25) is 5.91 Å². The van der Waals surface area contributed by atoms with Gasteiger partial charge in [0.15, 0.2) is 0 Å². The zero-order valence-electron chi connectivity index (χ0n) is 11.9. The Morgan fingerprint density at radius 3 is 2.45 bits per heavy atom. The van der Waals surface area contributed by atoms with E-state index in [1.54, 1.807) is 0 Å². The third kappa shape index (κ3) is 2.88. The number of hydrogen-bond donors (Lipinski definition) is 1. The Labute approximate surface area is 120 Å². The second kappa shape index (κ2) is 5.96. The van der Waals surface area contributed by atoms with Gasteiger partial charge in [-0.3, -0.25) is 4.79 Å². The fourth-order valence-corrected chi connectivity index (χ4v) is 3.77. The number of benzene rings is 1. The second-order valence-corrected chi connectivity index (χ2v) is 6.15. The van der Waals surface area contributed by atoms with E-state index >= 15 is 0 Å². The molecular weight excluding hydrogens is 250 g/mol. The summed E-state index contributed by atoms with van der Waals surface area (Å²) in [6.07, 6.45) is 6.04. The van der Waals surface area contributed by atoms with Gasteiger partial charge in [-0.25, -0.2) is 0 Å². The third-order valence-electron chi connectivity index (χ3n) is 4.70. The minimum Gasteiger partial charge on any atom is -0.393 e. The van der Waals surface area contributed by atoms with Gasteiger partial charge in [-0.1, -0.05) is 30.3 Å². The molecule has 2 unspecified atom stereocenters. The minimum absolute atomic E-state index is 0.194. The van der Waals surface area contributed by atoms with Crippen molar-refractivity contribution in [1.82, 2.24) is 4.90 Å². The largest absolute Gasteiger partial charge is 0.393 e. The maximum absolute atomic E-state index is 12.4. The Bertz CT molecular complexity index is 445. The Morgan fingerprint density at radius 2 is 1.80 bits per heavy atom. The van der Waals surface area contributed by atoms with Crippen molar-refractivity contribution in [3.8, 4) is 0 Å². The van der Waals surface area contributed by atoms with Crippen LogP contribution in [0.3, 0.4) is 0 Å². The van der Waals surface area contributed by atoms with Crippen LogP contribution >= 0.6 is 0 Å².